The van der Waals surface area contributed by atoms with E-state index in [-0.39, 0.29) is 17.9 Å². The van der Waals surface area contributed by atoms with Crippen LogP contribution in [0.5, 0.6) is 0 Å². The Labute approximate surface area is 207 Å². The Kier molecular flexibility index (Phi) is 6.38. The van der Waals surface area contributed by atoms with Crippen LogP contribution in [0.25, 0.3) is 22.5 Å². The number of nitrogens with one attached hydrogen (secondary N) is 1. The molecule has 0 saturated carbocycles. The maximum absolute atomic E-state index is 14.6. The molecule has 0 spiro atoms. The van der Waals surface area contributed by atoms with Gasteiger partial charge < -0.3 is 14.6 Å². The number of anilines is 1. The summed E-state index contributed by atoms with van der Waals surface area (Å²) in [5.74, 6) is -0.0433. The summed E-state index contributed by atoms with van der Waals surface area (Å²) in [6.45, 7) is 4.76. The highest BCUT2D eigenvalue weighted by Crippen LogP contribution is 2.31. The molecule has 2 aromatic carbocycles. The number of carbonyl (C=O) groups is 1. The van der Waals surface area contributed by atoms with Gasteiger partial charge in [0.2, 0.25) is 0 Å². The van der Waals surface area contributed by atoms with Crippen LogP contribution >= 0.6 is 11.6 Å². The van der Waals surface area contributed by atoms with Crippen molar-refractivity contribution in [1.29, 1.82) is 0 Å². The lowest BCUT2D eigenvalue weighted by Crippen LogP contribution is -2.51. The largest absolute Gasteiger partial charge is 0.424 e. The lowest BCUT2D eigenvalue weighted by atomic mass is 9.89. The number of halogens is 2. The van der Waals surface area contributed by atoms with Crippen molar-refractivity contribution in [2.24, 2.45) is 5.92 Å². The van der Waals surface area contributed by atoms with Gasteiger partial charge in [-0.25, -0.2) is 14.4 Å². The number of carbonyl (C=O) groups excluding carboxylic acids is 1. The molecule has 1 saturated heterocycles. The average Bonchev–Trinajstić information content (AvgIpc) is 3.26. The van der Waals surface area contributed by atoms with Crippen LogP contribution in [-0.4, -0.2) is 44.9 Å². The van der Waals surface area contributed by atoms with Gasteiger partial charge in [0.1, 0.15) is 11.3 Å². The minimum atomic E-state index is -0.432. The van der Waals surface area contributed by atoms with E-state index in [9.17, 15) is 9.18 Å². The van der Waals surface area contributed by atoms with Crippen molar-refractivity contribution in [3.8, 4) is 11.4 Å². The summed E-state index contributed by atoms with van der Waals surface area (Å²) in [5, 5.41) is 3.82. The molecule has 1 aliphatic rings. The van der Waals surface area contributed by atoms with Crippen LogP contribution in [0.3, 0.4) is 0 Å². The zero-order valence-corrected chi connectivity index (χ0v) is 20.2. The van der Waals surface area contributed by atoms with E-state index in [0.29, 0.717) is 57.7 Å². The van der Waals surface area contributed by atoms with Crippen molar-refractivity contribution < 1.29 is 13.6 Å². The molecule has 3 heterocycles. The lowest BCUT2D eigenvalue weighted by Gasteiger charge is -2.40. The van der Waals surface area contributed by atoms with Gasteiger partial charge in [0.25, 0.3) is 11.9 Å². The molecule has 1 amide bonds. The van der Waals surface area contributed by atoms with Gasteiger partial charge in [0.15, 0.2) is 11.4 Å². The van der Waals surface area contributed by atoms with Crippen molar-refractivity contribution in [2.45, 2.75) is 32.7 Å². The van der Waals surface area contributed by atoms with Gasteiger partial charge in [-0.3, -0.25) is 4.79 Å². The van der Waals surface area contributed by atoms with E-state index in [2.05, 4.69) is 27.2 Å². The van der Waals surface area contributed by atoms with Crippen LogP contribution in [-0.2, 0) is 0 Å². The second-order valence-corrected chi connectivity index (χ2v) is 9.30. The molecule has 1 aliphatic heterocycles. The predicted octanol–water partition coefficient (Wildman–Crippen LogP) is 5.74. The topological polar surface area (TPSA) is 84.2 Å². The lowest BCUT2D eigenvalue weighted by molar-refractivity contribution is 0.0538. The number of benzene rings is 2. The molecule has 5 rings (SSSR count). The molecule has 4 aromatic rings. The van der Waals surface area contributed by atoms with Gasteiger partial charge in [-0.15, -0.1) is 0 Å². The molecule has 0 aliphatic carbocycles. The number of fused-ring (bicyclic) bond motifs is 1. The third kappa shape index (κ3) is 4.58. The number of rotatable bonds is 5. The first-order valence-electron chi connectivity index (χ1n) is 11.6. The number of piperidine rings is 1. The third-order valence-corrected chi connectivity index (χ3v) is 6.84. The third-order valence-electron chi connectivity index (χ3n) is 6.61. The average molecular weight is 494 g/mol. The van der Waals surface area contributed by atoms with E-state index in [1.165, 1.54) is 6.07 Å². The second kappa shape index (κ2) is 9.62. The number of nitrogens with zero attached hydrogens (tertiary/aromatic N) is 4. The summed E-state index contributed by atoms with van der Waals surface area (Å²) in [5.41, 5.74) is 2.40. The maximum Gasteiger partial charge on any atom is 0.295 e. The van der Waals surface area contributed by atoms with Crippen LogP contribution in [0.4, 0.5) is 10.4 Å². The number of hydrogen-bond acceptors (Lipinski definition) is 6. The molecule has 0 bridgehead atoms. The van der Waals surface area contributed by atoms with Crippen molar-refractivity contribution in [1.82, 2.24) is 19.9 Å². The molecule has 7 nitrogen and oxygen atoms in total. The molecule has 9 heteroatoms. The second-order valence-electron chi connectivity index (χ2n) is 8.86. The van der Waals surface area contributed by atoms with Crippen molar-refractivity contribution in [3.63, 3.8) is 0 Å². The van der Waals surface area contributed by atoms with Gasteiger partial charge in [0, 0.05) is 42.1 Å². The quantitative estimate of drug-likeness (QED) is 0.381. The Balaban J connectivity index is 1.45. The monoisotopic (exact) mass is 493 g/mol. The fraction of sp³-hybridized carbons (Fsp3) is 0.308. The number of aromatic nitrogens is 3. The Bertz CT molecular complexity index is 1380. The van der Waals surface area contributed by atoms with E-state index in [1.54, 1.807) is 49.6 Å². The maximum atomic E-state index is 14.6. The van der Waals surface area contributed by atoms with Gasteiger partial charge in [-0.1, -0.05) is 18.5 Å². The molecular weight excluding hydrogens is 469 g/mol. The molecule has 180 valence electrons. The van der Waals surface area contributed by atoms with Crippen molar-refractivity contribution >= 4 is 34.6 Å². The highest BCUT2D eigenvalue weighted by atomic mass is 35.5. The Morgan fingerprint density at radius 2 is 2.06 bits per heavy atom. The van der Waals surface area contributed by atoms with Gasteiger partial charge in [0.05, 0.1) is 11.6 Å². The summed E-state index contributed by atoms with van der Waals surface area (Å²) >= 11 is 6.05. The summed E-state index contributed by atoms with van der Waals surface area (Å²) in [6.07, 6.45) is 5.07. The van der Waals surface area contributed by atoms with Crippen LogP contribution in [0.15, 0.2) is 53.2 Å². The molecule has 0 radical (unpaired) electrons. The van der Waals surface area contributed by atoms with E-state index < -0.39 is 5.82 Å². The fourth-order valence-corrected chi connectivity index (χ4v) is 4.87. The zero-order chi connectivity index (χ0) is 24.5. The highest BCUT2D eigenvalue weighted by Gasteiger charge is 2.35. The summed E-state index contributed by atoms with van der Waals surface area (Å²) in [4.78, 5) is 28.8. The Morgan fingerprint density at radius 1 is 1.26 bits per heavy atom. The smallest absolute Gasteiger partial charge is 0.295 e. The molecule has 1 fully saturated rings. The SMILES string of the molecule is Cc1c(F)ccc(-c2ncccn2)c1C(=O)N1CCC[C@@H](C)[C@H]1CNc1nc2ccc(Cl)cc2o1. The normalized spacial score (nSPS) is 18.1. The molecule has 35 heavy (non-hydrogen) atoms. The van der Waals surface area contributed by atoms with E-state index in [4.69, 9.17) is 16.0 Å². The Hall–Kier alpha value is -3.52. The first-order chi connectivity index (χ1) is 16.9. The van der Waals surface area contributed by atoms with E-state index in [0.717, 1.165) is 12.8 Å². The van der Waals surface area contributed by atoms with Crippen molar-refractivity contribution in [3.05, 3.63) is 70.8 Å². The van der Waals surface area contributed by atoms with Gasteiger partial charge in [-0.05, 0) is 61.6 Å². The number of hydrogen-bond donors (Lipinski definition) is 1. The minimum Gasteiger partial charge on any atom is -0.424 e. The summed E-state index contributed by atoms with van der Waals surface area (Å²) in [6, 6.07) is 10.1. The molecule has 0 unspecified atom stereocenters. The molecule has 2 aromatic heterocycles. The van der Waals surface area contributed by atoms with E-state index >= 15 is 0 Å². The molecule has 1 N–H and O–H groups in total. The van der Waals surface area contributed by atoms with E-state index in [1.807, 2.05) is 4.90 Å². The number of amides is 1. The van der Waals surface area contributed by atoms with Crippen molar-refractivity contribution in [2.75, 3.05) is 18.4 Å². The number of oxazole rings is 1. The zero-order valence-electron chi connectivity index (χ0n) is 19.5. The fourth-order valence-electron chi connectivity index (χ4n) is 4.71. The van der Waals surface area contributed by atoms with Crippen LogP contribution in [0.1, 0.15) is 35.7 Å². The summed E-state index contributed by atoms with van der Waals surface area (Å²) in [7, 11) is 0. The standard InChI is InChI=1S/C26H25ClFN5O2/c1-15-5-3-12-33(21(15)14-31-26-32-20-9-6-17(27)13-22(20)35-26)25(34)23-16(2)19(28)8-7-18(23)24-29-10-4-11-30-24/h4,6-11,13,15,21H,3,5,12,14H2,1-2H3,(H,31,32)/t15-,21-/m1/s1. The molecular formula is C26H25ClFN5O2. The first kappa shape index (κ1) is 23.2. The summed E-state index contributed by atoms with van der Waals surface area (Å²) < 4.78 is 20.4. The van der Waals surface area contributed by atoms with Crippen LogP contribution in [0.2, 0.25) is 5.02 Å². The first-order valence-corrected chi connectivity index (χ1v) is 12.0. The predicted molar refractivity (Wildman–Crippen MR) is 133 cm³/mol. The van der Waals surface area contributed by atoms with Gasteiger partial charge >= 0.3 is 0 Å². The van der Waals surface area contributed by atoms with Gasteiger partial charge in [-0.2, -0.15) is 4.98 Å². The Morgan fingerprint density at radius 3 is 2.86 bits per heavy atom. The van der Waals surface area contributed by atoms with Crippen LogP contribution < -0.4 is 5.32 Å². The van der Waals surface area contributed by atoms with Crippen LogP contribution in [0, 0.1) is 18.7 Å². The molecule has 2 atom stereocenters. The number of likely N-dealkylation sites (tertiary alicyclic amines) is 1. The minimum absolute atomic E-state index is 0.137. The highest BCUT2D eigenvalue weighted by molar-refractivity contribution is 6.31.